The number of aryl methyl sites for hydroxylation is 2. The van der Waals surface area contributed by atoms with Crippen LogP contribution in [0.3, 0.4) is 0 Å². The van der Waals surface area contributed by atoms with Crippen LogP contribution < -0.4 is 5.32 Å². The van der Waals surface area contributed by atoms with Gasteiger partial charge in [0.25, 0.3) is 0 Å². The van der Waals surface area contributed by atoms with Crippen LogP contribution in [0.2, 0.25) is 0 Å². The summed E-state index contributed by atoms with van der Waals surface area (Å²) < 4.78 is 10.6. The molecule has 0 radical (unpaired) electrons. The van der Waals surface area contributed by atoms with Gasteiger partial charge in [-0.2, -0.15) is 0 Å². The fourth-order valence-corrected chi connectivity index (χ4v) is 1.82. The maximum Gasteiger partial charge on any atom is 0.183 e. The van der Waals surface area contributed by atoms with Crippen molar-refractivity contribution in [1.29, 1.82) is 0 Å². The minimum absolute atomic E-state index is 0.282. The zero-order valence-electron chi connectivity index (χ0n) is 10.0. The van der Waals surface area contributed by atoms with Gasteiger partial charge in [0.1, 0.15) is 0 Å². The first-order chi connectivity index (χ1) is 7.13. The third kappa shape index (κ3) is 2.49. The quantitative estimate of drug-likeness (QED) is 0.773. The molecule has 0 aliphatic heterocycles. The average Bonchev–Trinajstić information content (AvgIpc) is 2.23. The molecule has 0 saturated heterocycles. The van der Waals surface area contributed by atoms with Crippen LogP contribution in [0.15, 0.2) is 12.1 Å². The van der Waals surface area contributed by atoms with Crippen LogP contribution in [-0.4, -0.2) is 21.3 Å². The van der Waals surface area contributed by atoms with E-state index in [4.69, 9.17) is 9.47 Å². The Morgan fingerprint density at radius 3 is 1.87 bits per heavy atom. The molecule has 0 amide bonds. The Balaban J connectivity index is 3.18. The fourth-order valence-electron chi connectivity index (χ4n) is 1.82. The lowest BCUT2D eigenvalue weighted by Gasteiger charge is -2.19. The summed E-state index contributed by atoms with van der Waals surface area (Å²) in [4.78, 5) is 0. The maximum absolute atomic E-state index is 5.28. The summed E-state index contributed by atoms with van der Waals surface area (Å²) >= 11 is 0. The van der Waals surface area contributed by atoms with E-state index in [1.54, 1.807) is 14.2 Å². The fraction of sp³-hybridized carbons (Fsp3) is 0.500. The van der Waals surface area contributed by atoms with E-state index in [9.17, 15) is 0 Å². The van der Waals surface area contributed by atoms with Gasteiger partial charge >= 0.3 is 0 Å². The molecule has 0 aliphatic rings. The molecule has 0 fully saturated rings. The van der Waals surface area contributed by atoms with Gasteiger partial charge in [0.15, 0.2) is 6.29 Å². The van der Waals surface area contributed by atoms with E-state index in [2.05, 4.69) is 31.3 Å². The average molecular weight is 209 g/mol. The number of rotatable bonds is 4. The van der Waals surface area contributed by atoms with Gasteiger partial charge in [-0.25, -0.2) is 0 Å². The van der Waals surface area contributed by atoms with E-state index in [0.29, 0.717) is 0 Å². The molecule has 0 aliphatic carbocycles. The Kier molecular flexibility index (Phi) is 4.12. The summed E-state index contributed by atoms with van der Waals surface area (Å²) in [7, 11) is 5.22. The van der Waals surface area contributed by atoms with Gasteiger partial charge in [-0.15, -0.1) is 0 Å². The van der Waals surface area contributed by atoms with Crippen LogP contribution in [0.5, 0.6) is 0 Å². The minimum Gasteiger partial charge on any atom is -0.388 e. The molecule has 84 valence electrons. The Bertz CT molecular complexity index is 309. The number of anilines is 1. The van der Waals surface area contributed by atoms with Gasteiger partial charge in [0.2, 0.25) is 0 Å². The predicted octanol–water partition coefficient (Wildman–Crippen LogP) is 2.64. The molecular weight excluding hydrogens is 190 g/mol. The van der Waals surface area contributed by atoms with Crippen molar-refractivity contribution in [2.45, 2.75) is 20.1 Å². The van der Waals surface area contributed by atoms with E-state index in [0.717, 1.165) is 11.3 Å². The van der Waals surface area contributed by atoms with Crippen molar-refractivity contribution in [2.75, 3.05) is 26.6 Å². The van der Waals surface area contributed by atoms with Gasteiger partial charge in [0.05, 0.1) is 0 Å². The number of hydrogen-bond donors (Lipinski definition) is 1. The Morgan fingerprint density at radius 1 is 1.07 bits per heavy atom. The van der Waals surface area contributed by atoms with Crippen LogP contribution >= 0.6 is 0 Å². The number of nitrogens with one attached hydrogen (secondary N) is 1. The number of ether oxygens (including phenoxy) is 2. The molecule has 0 aromatic heterocycles. The second-order valence-electron chi connectivity index (χ2n) is 3.58. The molecule has 0 heterocycles. The minimum atomic E-state index is -0.282. The molecule has 3 nitrogen and oxygen atoms in total. The SMILES string of the molecule is CNc1cc(C)c(C(OC)OC)c(C)c1. The molecule has 1 N–H and O–H groups in total. The summed E-state index contributed by atoms with van der Waals surface area (Å²) in [5.41, 5.74) is 4.57. The Labute approximate surface area is 91.4 Å². The summed E-state index contributed by atoms with van der Waals surface area (Å²) in [6.45, 7) is 4.13. The zero-order chi connectivity index (χ0) is 11.4. The van der Waals surface area contributed by atoms with Crippen molar-refractivity contribution < 1.29 is 9.47 Å². The molecule has 0 spiro atoms. The van der Waals surface area contributed by atoms with E-state index < -0.39 is 0 Å². The molecule has 1 rings (SSSR count). The van der Waals surface area contributed by atoms with Gasteiger partial charge in [-0.05, 0) is 37.1 Å². The summed E-state index contributed by atoms with van der Waals surface area (Å²) in [6, 6.07) is 4.18. The highest BCUT2D eigenvalue weighted by Crippen LogP contribution is 2.27. The highest BCUT2D eigenvalue weighted by atomic mass is 16.7. The van der Waals surface area contributed by atoms with Crippen molar-refractivity contribution in [3.05, 3.63) is 28.8 Å². The first-order valence-electron chi connectivity index (χ1n) is 4.98. The predicted molar refractivity (Wildman–Crippen MR) is 62.2 cm³/mol. The molecule has 0 atom stereocenters. The Morgan fingerprint density at radius 2 is 1.53 bits per heavy atom. The number of methoxy groups -OCH3 is 2. The standard InChI is InChI=1S/C12H19NO2/c1-8-6-10(13-3)7-9(2)11(8)12(14-4)15-5/h6-7,12-13H,1-5H3. The van der Waals surface area contributed by atoms with Crippen LogP contribution in [0.1, 0.15) is 23.0 Å². The van der Waals surface area contributed by atoms with Gasteiger partial charge < -0.3 is 14.8 Å². The normalized spacial score (nSPS) is 10.8. The van der Waals surface area contributed by atoms with Crippen molar-refractivity contribution >= 4 is 5.69 Å². The second kappa shape index (κ2) is 5.14. The van der Waals surface area contributed by atoms with Crippen LogP contribution in [0.4, 0.5) is 5.69 Å². The van der Waals surface area contributed by atoms with Gasteiger partial charge in [-0.1, -0.05) is 0 Å². The highest BCUT2D eigenvalue weighted by Gasteiger charge is 2.15. The molecule has 15 heavy (non-hydrogen) atoms. The van der Waals surface area contributed by atoms with E-state index >= 15 is 0 Å². The molecular formula is C12H19NO2. The lowest BCUT2D eigenvalue weighted by Crippen LogP contribution is -2.08. The van der Waals surface area contributed by atoms with Crippen molar-refractivity contribution in [3.8, 4) is 0 Å². The van der Waals surface area contributed by atoms with Gasteiger partial charge in [0, 0.05) is 32.5 Å². The number of benzene rings is 1. The van der Waals surface area contributed by atoms with Crippen molar-refractivity contribution in [1.82, 2.24) is 0 Å². The van der Waals surface area contributed by atoms with E-state index in [1.165, 1.54) is 11.1 Å². The first-order valence-corrected chi connectivity index (χ1v) is 4.98. The van der Waals surface area contributed by atoms with E-state index in [-0.39, 0.29) is 6.29 Å². The summed E-state index contributed by atoms with van der Waals surface area (Å²) in [5.74, 6) is 0. The molecule has 3 heteroatoms. The summed E-state index contributed by atoms with van der Waals surface area (Å²) in [6.07, 6.45) is -0.282. The maximum atomic E-state index is 5.28. The van der Waals surface area contributed by atoms with Crippen LogP contribution in [-0.2, 0) is 9.47 Å². The molecule has 0 bridgehead atoms. The Hall–Kier alpha value is -1.06. The van der Waals surface area contributed by atoms with Crippen molar-refractivity contribution in [3.63, 3.8) is 0 Å². The molecule has 1 aromatic carbocycles. The van der Waals surface area contributed by atoms with Gasteiger partial charge in [-0.3, -0.25) is 0 Å². The molecule has 0 unspecified atom stereocenters. The smallest absolute Gasteiger partial charge is 0.183 e. The zero-order valence-corrected chi connectivity index (χ0v) is 10.0. The lowest BCUT2D eigenvalue weighted by molar-refractivity contribution is -0.106. The van der Waals surface area contributed by atoms with Crippen LogP contribution in [0.25, 0.3) is 0 Å². The molecule has 0 saturated carbocycles. The second-order valence-corrected chi connectivity index (χ2v) is 3.58. The third-order valence-corrected chi connectivity index (χ3v) is 2.55. The monoisotopic (exact) mass is 209 g/mol. The first kappa shape index (κ1) is 12.0. The molecule has 1 aromatic rings. The van der Waals surface area contributed by atoms with Crippen molar-refractivity contribution in [2.24, 2.45) is 0 Å². The summed E-state index contributed by atoms with van der Waals surface area (Å²) in [5, 5.41) is 3.13. The lowest BCUT2D eigenvalue weighted by atomic mass is 10.0. The third-order valence-electron chi connectivity index (χ3n) is 2.55. The topological polar surface area (TPSA) is 30.5 Å². The number of hydrogen-bond acceptors (Lipinski definition) is 3. The van der Waals surface area contributed by atoms with Crippen LogP contribution in [0, 0.1) is 13.8 Å². The largest absolute Gasteiger partial charge is 0.388 e. The highest BCUT2D eigenvalue weighted by molar-refractivity contribution is 5.52. The van der Waals surface area contributed by atoms with E-state index in [1.807, 2.05) is 7.05 Å².